The van der Waals surface area contributed by atoms with Crippen LogP contribution < -0.4 is 4.90 Å². The van der Waals surface area contributed by atoms with E-state index >= 15 is 0 Å². The number of aromatic nitrogens is 1. The van der Waals surface area contributed by atoms with E-state index in [4.69, 9.17) is 4.74 Å². The van der Waals surface area contributed by atoms with Crippen LogP contribution in [-0.2, 0) is 4.74 Å². The number of rotatable bonds is 3. The topological polar surface area (TPSA) is 42.4 Å². The fraction of sp³-hybridized carbons (Fsp3) is 0.250. The van der Waals surface area contributed by atoms with E-state index in [1.807, 2.05) is 36.4 Å². The molecule has 1 aromatic carbocycles. The molecule has 1 aliphatic heterocycles. The fourth-order valence-electron chi connectivity index (χ4n) is 2.47. The Kier molecular flexibility index (Phi) is 4.31. The maximum absolute atomic E-state index is 12.9. The number of pyridine rings is 1. The van der Waals surface area contributed by atoms with Crippen LogP contribution in [0, 0.1) is 0 Å². The van der Waals surface area contributed by atoms with Crippen molar-refractivity contribution in [2.75, 3.05) is 18.1 Å². The van der Waals surface area contributed by atoms with Gasteiger partial charge in [0.25, 0.3) is 5.91 Å². The van der Waals surface area contributed by atoms with Gasteiger partial charge >= 0.3 is 0 Å². The van der Waals surface area contributed by atoms with E-state index in [2.05, 4.69) is 20.9 Å². The van der Waals surface area contributed by atoms with Gasteiger partial charge in [0.05, 0.1) is 12.6 Å². The quantitative estimate of drug-likeness (QED) is 0.856. The van der Waals surface area contributed by atoms with Crippen LogP contribution in [0.3, 0.4) is 0 Å². The Morgan fingerprint density at radius 3 is 2.71 bits per heavy atom. The molecule has 21 heavy (non-hydrogen) atoms. The number of carbonyl (C=O) groups excluding carboxylic acids is 1. The second-order valence-corrected chi connectivity index (χ2v) is 5.72. The summed E-state index contributed by atoms with van der Waals surface area (Å²) in [6.45, 7) is 1.25. The summed E-state index contributed by atoms with van der Waals surface area (Å²) in [5.41, 5.74) is 1.30. The number of hydrogen-bond donors (Lipinski definition) is 0. The van der Waals surface area contributed by atoms with Crippen molar-refractivity contribution in [2.24, 2.45) is 0 Å². The van der Waals surface area contributed by atoms with Gasteiger partial charge in [-0.3, -0.25) is 4.79 Å². The van der Waals surface area contributed by atoms with Crippen molar-refractivity contribution in [3.05, 3.63) is 58.8 Å². The molecule has 3 rings (SSSR count). The number of nitrogens with zero attached hydrogens (tertiary/aromatic N) is 2. The second-order valence-electron chi connectivity index (χ2n) is 4.86. The summed E-state index contributed by atoms with van der Waals surface area (Å²) < 4.78 is 6.15. The Labute approximate surface area is 131 Å². The summed E-state index contributed by atoms with van der Waals surface area (Å²) in [5, 5.41) is 0. The summed E-state index contributed by atoms with van der Waals surface area (Å²) in [6, 6.07) is 13.3. The van der Waals surface area contributed by atoms with Crippen LogP contribution in [0.2, 0.25) is 0 Å². The predicted octanol–water partition coefficient (Wildman–Crippen LogP) is 3.28. The van der Waals surface area contributed by atoms with Crippen LogP contribution in [0.1, 0.15) is 16.9 Å². The van der Waals surface area contributed by atoms with E-state index in [0.29, 0.717) is 23.4 Å². The minimum absolute atomic E-state index is 0.0498. The molecule has 0 aliphatic carbocycles. The van der Waals surface area contributed by atoms with Crippen LogP contribution in [0.5, 0.6) is 0 Å². The summed E-state index contributed by atoms with van der Waals surface area (Å²) >= 11 is 3.41. The maximum atomic E-state index is 12.9. The molecule has 1 saturated heterocycles. The lowest BCUT2D eigenvalue weighted by Crippen LogP contribution is -2.41. The Morgan fingerprint density at radius 1 is 1.24 bits per heavy atom. The Balaban J connectivity index is 1.99. The lowest BCUT2D eigenvalue weighted by Gasteiger charge is -2.28. The van der Waals surface area contributed by atoms with Gasteiger partial charge in [-0.05, 0) is 46.6 Å². The smallest absolute Gasteiger partial charge is 0.278 e. The molecule has 0 spiro atoms. The van der Waals surface area contributed by atoms with Crippen molar-refractivity contribution in [3.63, 3.8) is 0 Å². The van der Waals surface area contributed by atoms with Gasteiger partial charge in [-0.2, -0.15) is 0 Å². The molecule has 108 valence electrons. The summed E-state index contributed by atoms with van der Waals surface area (Å²) in [6.07, 6.45) is 2.47. The molecule has 1 atom stereocenters. The van der Waals surface area contributed by atoms with Crippen molar-refractivity contribution in [1.82, 2.24) is 4.98 Å². The van der Waals surface area contributed by atoms with Gasteiger partial charge in [-0.15, -0.1) is 0 Å². The van der Waals surface area contributed by atoms with Crippen LogP contribution in [0.15, 0.2) is 53.1 Å². The highest BCUT2D eigenvalue weighted by atomic mass is 79.9. The Morgan fingerprint density at radius 2 is 2.05 bits per heavy atom. The van der Waals surface area contributed by atoms with Gasteiger partial charge in [0.2, 0.25) is 0 Å². The third kappa shape index (κ3) is 2.99. The van der Waals surface area contributed by atoms with Gasteiger partial charge in [-0.1, -0.05) is 18.2 Å². The fourth-order valence-corrected chi connectivity index (χ4v) is 2.89. The monoisotopic (exact) mass is 346 g/mol. The number of carbonyl (C=O) groups is 1. The lowest BCUT2D eigenvalue weighted by atomic mass is 10.1. The number of amides is 1. The third-order valence-corrected chi connectivity index (χ3v) is 4.12. The van der Waals surface area contributed by atoms with Crippen molar-refractivity contribution in [2.45, 2.75) is 12.5 Å². The highest BCUT2D eigenvalue weighted by molar-refractivity contribution is 9.10. The van der Waals surface area contributed by atoms with Gasteiger partial charge in [-0.25, -0.2) is 4.98 Å². The highest BCUT2D eigenvalue weighted by Crippen LogP contribution is 2.25. The molecule has 0 saturated carbocycles. The zero-order valence-corrected chi connectivity index (χ0v) is 13.0. The SMILES string of the molecule is O=C(c1ncccc1Br)N(c1ccccc1)[C@@H]1CCOC1. The van der Waals surface area contributed by atoms with Crippen LogP contribution in [-0.4, -0.2) is 30.1 Å². The molecule has 0 N–H and O–H groups in total. The molecular formula is C16H15BrN2O2. The van der Waals surface area contributed by atoms with Gasteiger partial charge in [0, 0.05) is 23.0 Å². The number of halogens is 1. The van der Waals surface area contributed by atoms with Crippen molar-refractivity contribution in [3.8, 4) is 0 Å². The number of para-hydroxylation sites is 1. The molecule has 0 radical (unpaired) electrons. The zero-order chi connectivity index (χ0) is 14.7. The van der Waals surface area contributed by atoms with Gasteiger partial charge < -0.3 is 9.64 Å². The average Bonchev–Trinajstić information content (AvgIpc) is 3.03. The molecule has 1 fully saturated rings. The van der Waals surface area contributed by atoms with Crippen LogP contribution in [0.25, 0.3) is 0 Å². The molecule has 0 unspecified atom stereocenters. The summed E-state index contributed by atoms with van der Waals surface area (Å²) in [5.74, 6) is -0.107. The first-order valence-electron chi connectivity index (χ1n) is 6.84. The first-order chi connectivity index (χ1) is 10.3. The van der Waals surface area contributed by atoms with E-state index in [9.17, 15) is 4.79 Å². The molecule has 1 aromatic heterocycles. The molecule has 2 aromatic rings. The average molecular weight is 347 g/mol. The molecule has 2 heterocycles. The van der Waals surface area contributed by atoms with Gasteiger partial charge in [0.1, 0.15) is 5.69 Å². The maximum Gasteiger partial charge on any atom is 0.278 e. The second kappa shape index (κ2) is 6.37. The predicted molar refractivity (Wildman–Crippen MR) is 84.4 cm³/mol. The van der Waals surface area contributed by atoms with Crippen molar-refractivity contribution < 1.29 is 9.53 Å². The largest absolute Gasteiger partial charge is 0.379 e. The minimum atomic E-state index is -0.107. The van der Waals surface area contributed by atoms with Crippen molar-refractivity contribution >= 4 is 27.5 Å². The van der Waals surface area contributed by atoms with E-state index in [0.717, 1.165) is 12.1 Å². The van der Waals surface area contributed by atoms with E-state index < -0.39 is 0 Å². The zero-order valence-electron chi connectivity index (χ0n) is 11.4. The van der Waals surface area contributed by atoms with Crippen molar-refractivity contribution in [1.29, 1.82) is 0 Å². The molecule has 0 bridgehead atoms. The molecule has 4 nitrogen and oxygen atoms in total. The summed E-state index contributed by atoms with van der Waals surface area (Å²) in [4.78, 5) is 18.9. The third-order valence-electron chi connectivity index (χ3n) is 3.49. The Bertz CT molecular complexity index is 627. The molecular weight excluding hydrogens is 332 g/mol. The lowest BCUT2D eigenvalue weighted by molar-refractivity contribution is 0.0966. The van der Waals surface area contributed by atoms with E-state index in [1.165, 1.54) is 0 Å². The first kappa shape index (κ1) is 14.2. The molecule has 1 aliphatic rings. The number of anilines is 1. The molecule has 1 amide bonds. The molecule has 5 heteroatoms. The van der Waals surface area contributed by atoms with Crippen LogP contribution >= 0.6 is 15.9 Å². The standard InChI is InChI=1S/C16H15BrN2O2/c17-14-7-4-9-18-15(14)16(20)19(13-8-10-21-11-13)12-5-2-1-3-6-12/h1-7,9,13H,8,10-11H2/t13-/m1/s1. The van der Waals surface area contributed by atoms with Crippen LogP contribution in [0.4, 0.5) is 5.69 Å². The van der Waals surface area contributed by atoms with E-state index in [1.54, 1.807) is 17.2 Å². The summed E-state index contributed by atoms with van der Waals surface area (Å²) in [7, 11) is 0. The van der Waals surface area contributed by atoms with E-state index in [-0.39, 0.29) is 11.9 Å². The number of benzene rings is 1. The highest BCUT2D eigenvalue weighted by Gasteiger charge is 2.30. The normalized spacial score (nSPS) is 17.7. The number of ether oxygens (including phenoxy) is 1. The minimum Gasteiger partial charge on any atom is -0.379 e. The number of hydrogen-bond acceptors (Lipinski definition) is 3. The Hall–Kier alpha value is -1.72. The first-order valence-corrected chi connectivity index (χ1v) is 7.63. The van der Waals surface area contributed by atoms with Gasteiger partial charge in [0.15, 0.2) is 0 Å².